The second kappa shape index (κ2) is 6.98. The van der Waals surface area contributed by atoms with Crippen LogP contribution >= 0.6 is 27.5 Å². The van der Waals surface area contributed by atoms with Gasteiger partial charge in [-0.3, -0.25) is 0 Å². The standard InChI is InChI=1S/C14H14BrClO3/c1-17-7-8-19-12-5-4-10(9-11(12)15)14(16)13-3-2-6-18-13/h2-6,9,14H,7-8H2,1H3. The number of alkyl halides is 1. The molecule has 2 rings (SSSR count). The highest BCUT2D eigenvalue weighted by atomic mass is 79.9. The van der Waals surface area contributed by atoms with Gasteiger partial charge in [-0.1, -0.05) is 6.07 Å². The Morgan fingerprint density at radius 3 is 2.79 bits per heavy atom. The van der Waals surface area contributed by atoms with Crippen molar-refractivity contribution in [2.75, 3.05) is 20.3 Å². The fourth-order valence-electron chi connectivity index (χ4n) is 1.63. The lowest BCUT2D eigenvalue weighted by Crippen LogP contribution is -2.04. The molecule has 1 unspecified atom stereocenters. The molecular weight excluding hydrogens is 332 g/mol. The normalized spacial score (nSPS) is 12.4. The highest BCUT2D eigenvalue weighted by Crippen LogP contribution is 2.34. The van der Waals surface area contributed by atoms with Crippen LogP contribution < -0.4 is 4.74 Å². The molecule has 1 aromatic heterocycles. The van der Waals surface area contributed by atoms with E-state index in [4.69, 9.17) is 25.5 Å². The summed E-state index contributed by atoms with van der Waals surface area (Å²) in [6, 6.07) is 9.42. The lowest BCUT2D eigenvalue weighted by Gasteiger charge is -2.11. The zero-order chi connectivity index (χ0) is 13.7. The van der Waals surface area contributed by atoms with Crippen LogP contribution in [0.4, 0.5) is 0 Å². The van der Waals surface area contributed by atoms with E-state index in [1.165, 1.54) is 0 Å². The highest BCUT2D eigenvalue weighted by molar-refractivity contribution is 9.10. The number of hydrogen-bond donors (Lipinski definition) is 0. The second-order valence-electron chi connectivity index (χ2n) is 3.91. The van der Waals surface area contributed by atoms with Crippen molar-refractivity contribution in [1.29, 1.82) is 0 Å². The molecule has 0 aliphatic carbocycles. The van der Waals surface area contributed by atoms with Gasteiger partial charge in [-0.15, -0.1) is 11.6 Å². The van der Waals surface area contributed by atoms with Gasteiger partial charge in [-0.05, 0) is 45.8 Å². The van der Waals surface area contributed by atoms with E-state index in [-0.39, 0.29) is 5.38 Å². The fourth-order valence-corrected chi connectivity index (χ4v) is 2.40. The lowest BCUT2D eigenvalue weighted by atomic mass is 10.1. The molecule has 0 radical (unpaired) electrons. The van der Waals surface area contributed by atoms with E-state index in [1.807, 2.05) is 30.3 Å². The van der Waals surface area contributed by atoms with Crippen LogP contribution in [-0.4, -0.2) is 20.3 Å². The van der Waals surface area contributed by atoms with Crippen LogP contribution in [0.25, 0.3) is 0 Å². The number of benzene rings is 1. The molecule has 1 atom stereocenters. The number of rotatable bonds is 6. The first-order chi connectivity index (χ1) is 9.22. The Kier molecular flexibility index (Phi) is 5.31. The molecular formula is C14H14BrClO3. The Balaban J connectivity index is 2.10. The molecule has 0 saturated heterocycles. The van der Waals surface area contributed by atoms with Crippen molar-refractivity contribution in [3.63, 3.8) is 0 Å². The van der Waals surface area contributed by atoms with Crippen LogP contribution in [0.15, 0.2) is 45.5 Å². The molecule has 0 spiro atoms. The van der Waals surface area contributed by atoms with Gasteiger partial charge in [0.2, 0.25) is 0 Å². The van der Waals surface area contributed by atoms with Crippen molar-refractivity contribution in [2.45, 2.75) is 5.38 Å². The monoisotopic (exact) mass is 344 g/mol. The van der Waals surface area contributed by atoms with Gasteiger partial charge in [-0.25, -0.2) is 0 Å². The van der Waals surface area contributed by atoms with Gasteiger partial charge in [0, 0.05) is 7.11 Å². The van der Waals surface area contributed by atoms with Crippen LogP contribution in [0.2, 0.25) is 0 Å². The minimum atomic E-state index is -0.306. The van der Waals surface area contributed by atoms with Crippen LogP contribution in [0.5, 0.6) is 5.75 Å². The summed E-state index contributed by atoms with van der Waals surface area (Å²) in [5, 5.41) is -0.306. The van der Waals surface area contributed by atoms with E-state index in [9.17, 15) is 0 Å². The average molecular weight is 346 g/mol. The minimum absolute atomic E-state index is 0.306. The van der Waals surface area contributed by atoms with Crippen LogP contribution in [0.3, 0.4) is 0 Å². The average Bonchev–Trinajstić information content (AvgIpc) is 2.94. The molecule has 0 N–H and O–H groups in total. The third-order valence-electron chi connectivity index (χ3n) is 2.59. The minimum Gasteiger partial charge on any atom is -0.490 e. The van der Waals surface area contributed by atoms with Gasteiger partial charge in [0.15, 0.2) is 0 Å². The van der Waals surface area contributed by atoms with Gasteiger partial charge in [-0.2, -0.15) is 0 Å². The first kappa shape index (κ1) is 14.4. The Bertz CT molecular complexity index is 513. The molecule has 1 heterocycles. The molecule has 0 aliphatic heterocycles. The summed E-state index contributed by atoms with van der Waals surface area (Å²) in [4.78, 5) is 0. The Morgan fingerprint density at radius 1 is 1.32 bits per heavy atom. The van der Waals surface area contributed by atoms with Crippen molar-refractivity contribution in [1.82, 2.24) is 0 Å². The van der Waals surface area contributed by atoms with E-state index in [2.05, 4.69) is 15.9 Å². The maximum atomic E-state index is 6.35. The molecule has 0 aliphatic rings. The Morgan fingerprint density at radius 2 is 2.16 bits per heavy atom. The van der Waals surface area contributed by atoms with E-state index in [0.29, 0.717) is 13.2 Å². The summed E-state index contributed by atoms with van der Waals surface area (Å²) in [6.45, 7) is 1.07. The highest BCUT2D eigenvalue weighted by Gasteiger charge is 2.15. The number of halogens is 2. The lowest BCUT2D eigenvalue weighted by molar-refractivity contribution is 0.146. The van der Waals surface area contributed by atoms with E-state index in [0.717, 1.165) is 21.5 Å². The van der Waals surface area contributed by atoms with E-state index < -0.39 is 0 Å². The number of furan rings is 1. The van der Waals surface area contributed by atoms with Crippen molar-refractivity contribution >= 4 is 27.5 Å². The predicted molar refractivity (Wildman–Crippen MR) is 77.9 cm³/mol. The summed E-state index contributed by atoms with van der Waals surface area (Å²) < 4.78 is 16.7. The first-order valence-electron chi connectivity index (χ1n) is 5.81. The van der Waals surface area contributed by atoms with Gasteiger partial charge >= 0.3 is 0 Å². The number of methoxy groups -OCH3 is 1. The van der Waals surface area contributed by atoms with E-state index >= 15 is 0 Å². The molecule has 0 amide bonds. The Hall–Kier alpha value is -0.970. The third kappa shape index (κ3) is 3.75. The zero-order valence-electron chi connectivity index (χ0n) is 10.4. The molecule has 19 heavy (non-hydrogen) atoms. The molecule has 3 nitrogen and oxygen atoms in total. The first-order valence-corrected chi connectivity index (χ1v) is 7.04. The molecule has 1 aromatic carbocycles. The number of ether oxygens (including phenoxy) is 2. The molecule has 2 aromatic rings. The Labute approximate surface area is 125 Å². The zero-order valence-corrected chi connectivity index (χ0v) is 12.8. The van der Waals surface area contributed by atoms with Crippen molar-refractivity contribution in [2.24, 2.45) is 0 Å². The molecule has 102 valence electrons. The third-order valence-corrected chi connectivity index (χ3v) is 3.67. The molecule has 0 bridgehead atoms. The van der Waals surface area contributed by atoms with Crippen molar-refractivity contribution < 1.29 is 13.9 Å². The molecule has 0 saturated carbocycles. The SMILES string of the molecule is COCCOc1ccc(C(Cl)c2ccco2)cc1Br. The maximum absolute atomic E-state index is 6.35. The molecule has 5 heteroatoms. The summed E-state index contributed by atoms with van der Waals surface area (Å²) in [5.41, 5.74) is 0.947. The largest absolute Gasteiger partial charge is 0.490 e. The van der Waals surface area contributed by atoms with Crippen LogP contribution in [0.1, 0.15) is 16.7 Å². The van der Waals surface area contributed by atoms with Crippen molar-refractivity contribution in [3.8, 4) is 5.75 Å². The summed E-state index contributed by atoms with van der Waals surface area (Å²) in [7, 11) is 1.64. The maximum Gasteiger partial charge on any atom is 0.133 e. The quantitative estimate of drug-likeness (QED) is 0.574. The second-order valence-corrected chi connectivity index (χ2v) is 5.20. The summed E-state index contributed by atoms with van der Waals surface area (Å²) in [6.07, 6.45) is 1.61. The van der Waals surface area contributed by atoms with Crippen LogP contribution in [-0.2, 0) is 4.74 Å². The smallest absolute Gasteiger partial charge is 0.133 e. The van der Waals surface area contributed by atoms with Gasteiger partial charge in [0.1, 0.15) is 23.5 Å². The fraction of sp³-hybridized carbons (Fsp3) is 0.286. The van der Waals surface area contributed by atoms with Gasteiger partial charge < -0.3 is 13.9 Å². The van der Waals surface area contributed by atoms with Crippen LogP contribution in [0, 0.1) is 0 Å². The van der Waals surface area contributed by atoms with Gasteiger partial charge in [0.25, 0.3) is 0 Å². The van der Waals surface area contributed by atoms with Gasteiger partial charge in [0.05, 0.1) is 17.3 Å². The predicted octanol–water partition coefficient (Wildman–Crippen LogP) is 4.40. The summed E-state index contributed by atoms with van der Waals surface area (Å²) >= 11 is 9.82. The topological polar surface area (TPSA) is 31.6 Å². The molecule has 0 fully saturated rings. The van der Waals surface area contributed by atoms with Crippen molar-refractivity contribution in [3.05, 3.63) is 52.4 Å². The number of hydrogen-bond acceptors (Lipinski definition) is 3. The summed E-state index contributed by atoms with van der Waals surface area (Å²) in [5.74, 6) is 1.49. The van der Waals surface area contributed by atoms with E-state index in [1.54, 1.807) is 13.4 Å².